The van der Waals surface area contributed by atoms with Crippen LogP contribution in [0, 0.1) is 0 Å². The van der Waals surface area contributed by atoms with Crippen molar-refractivity contribution in [2.45, 2.75) is 18.7 Å². The molecule has 0 aromatic carbocycles. The summed E-state index contributed by atoms with van der Waals surface area (Å²) >= 11 is 5.71. The first kappa shape index (κ1) is 9.39. The Morgan fingerprint density at radius 2 is 2.08 bits per heavy atom. The number of pyridine rings is 1. The summed E-state index contributed by atoms with van der Waals surface area (Å²) in [6.45, 7) is 1.76. The van der Waals surface area contributed by atoms with E-state index in [-0.39, 0.29) is 11.1 Å². The molecule has 4 heteroatoms. The Kier molecular flexibility index (Phi) is 2.98. The molecule has 0 aliphatic rings. The van der Waals surface area contributed by atoms with Gasteiger partial charge in [-0.2, -0.15) is 0 Å². The summed E-state index contributed by atoms with van der Waals surface area (Å²) in [5.41, 5.74) is 0.539. The van der Waals surface area contributed by atoms with Crippen molar-refractivity contribution in [3.63, 3.8) is 0 Å². The summed E-state index contributed by atoms with van der Waals surface area (Å²) < 4.78 is 24.0. The van der Waals surface area contributed by atoms with Gasteiger partial charge in [0.25, 0.3) is 6.43 Å². The molecule has 1 heterocycles. The first-order chi connectivity index (χ1) is 5.61. The molecule has 0 aliphatic heterocycles. The van der Waals surface area contributed by atoms with Crippen LogP contribution in [0.1, 0.15) is 30.0 Å². The van der Waals surface area contributed by atoms with E-state index in [0.717, 1.165) is 5.56 Å². The van der Waals surface area contributed by atoms with Crippen LogP contribution in [0.25, 0.3) is 0 Å². The van der Waals surface area contributed by atoms with Gasteiger partial charge >= 0.3 is 0 Å². The Bertz CT molecular complexity index is 219. The maximum absolute atomic E-state index is 12.0. The molecular formula is C8H8ClF2N. The van der Waals surface area contributed by atoms with E-state index in [9.17, 15) is 8.78 Å². The van der Waals surface area contributed by atoms with Gasteiger partial charge in [-0.1, -0.05) is 6.07 Å². The van der Waals surface area contributed by atoms with Crippen LogP contribution in [0.3, 0.4) is 0 Å². The second-order valence-electron chi connectivity index (χ2n) is 2.43. The normalized spacial score (nSPS) is 13.4. The summed E-state index contributed by atoms with van der Waals surface area (Å²) in [5, 5.41) is -0.191. The Morgan fingerprint density at radius 3 is 2.42 bits per heavy atom. The first-order valence-corrected chi connectivity index (χ1v) is 3.93. The number of hydrogen-bond acceptors (Lipinski definition) is 1. The van der Waals surface area contributed by atoms with Gasteiger partial charge in [-0.3, -0.25) is 4.98 Å². The van der Waals surface area contributed by atoms with Gasteiger partial charge < -0.3 is 0 Å². The third-order valence-corrected chi connectivity index (χ3v) is 1.74. The highest BCUT2D eigenvalue weighted by Gasteiger charge is 2.08. The molecule has 1 atom stereocenters. The molecule has 0 amide bonds. The minimum absolute atomic E-state index is 0.191. The van der Waals surface area contributed by atoms with E-state index in [0.29, 0.717) is 0 Å². The smallest absolute Gasteiger partial charge is 0.255 e. The number of nitrogens with zero attached hydrogens (tertiary/aromatic N) is 1. The standard InChI is InChI=1S/C8H8ClF2N/c1-5(9)6-2-3-7(8(10)11)12-4-6/h2-5,8H,1H3. The third kappa shape index (κ3) is 2.14. The van der Waals surface area contributed by atoms with Crippen molar-refractivity contribution in [2.24, 2.45) is 0 Å². The van der Waals surface area contributed by atoms with E-state index in [1.54, 1.807) is 13.0 Å². The lowest BCUT2D eigenvalue weighted by Gasteiger charge is -2.03. The molecule has 1 aromatic heterocycles. The van der Waals surface area contributed by atoms with Crippen molar-refractivity contribution >= 4 is 11.6 Å². The SMILES string of the molecule is CC(Cl)c1ccc(C(F)F)nc1. The molecule has 66 valence electrons. The molecule has 1 nitrogen and oxygen atoms in total. The van der Waals surface area contributed by atoms with Crippen LogP contribution in [0.2, 0.25) is 0 Å². The van der Waals surface area contributed by atoms with Crippen LogP contribution < -0.4 is 0 Å². The van der Waals surface area contributed by atoms with Crippen LogP contribution in [-0.4, -0.2) is 4.98 Å². The van der Waals surface area contributed by atoms with Crippen molar-refractivity contribution in [3.8, 4) is 0 Å². The van der Waals surface area contributed by atoms with Crippen molar-refractivity contribution in [1.29, 1.82) is 0 Å². The fraction of sp³-hybridized carbons (Fsp3) is 0.375. The summed E-state index contributed by atoms with van der Waals surface area (Å²) in [6.07, 6.45) is -1.14. The molecule has 1 unspecified atom stereocenters. The molecule has 0 aliphatic carbocycles. The fourth-order valence-corrected chi connectivity index (χ4v) is 0.910. The van der Waals surface area contributed by atoms with Gasteiger partial charge in [0.05, 0.1) is 5.38 Å². The first-order valence-electron chi connectivity index (χ1n) is 3.49. The zero-order chi connectivity index (χ0) is 9.14. The lowest BCUT2D eigenvalue weighted by molar-refractivity contribution is 0.146. The fourth-order valence-electron chi connectivity index (χ4n) is 0.781. The predicted octanol–water partition coefficient (Wildman–Crippen LogP) is 3.32. The minimum atomic E-state index is -2.51. The Morgan fingerprint density at radius 1 is 1.42 bits per heavy atom. The summed E-state index contributed by atoms with van der Waals surface area (Å²) in [6, 6.07) is 2.85. The minimum Gasteiger partial charge on any atom is -0.255 e. The lowest BCUT2D eigenvalue weighted by atomic mass is 10.2. The average molecular weight is 192 g/mol. The number of hydrogen-bond donors (Lipinski definition) is 0. The zero-order valence-electron chi connectivity index (χ0n) is 6.47. The van der Waals surface area contributed by atoms with Gasteiger partial charge in [-0.15, -0.1) is 11.6 Å². The van der Waals surface area contributed by atoms with E-state index < -0.39 is 6.43 Å². The summed E-state index contributed by atoms with van der Waals surface area (Å²) in [4.78, 5) is 3.56. The number of alkyl halides is 3. The molecule has 12 heavy (non-hydrogen) atoms. The molecule has 1 rings (SSSR count). The van der Waals surface area contributed by atoms with E-state index in [1.807, 2.05) is 0 Å². The molecule has 0 saturated heterocycles. The predicted molar refractivity (Wildman–Crippen MR) is 43.5 cm³/mol. The molecule has 0 spiro atoms. The Labute approximate surface area is 74.4 Å². The molecule has 0 bridgehead atoms. The molecule has 1 aromatic rings. The van der Waals surface area contributed by atoms with E-state index >= 15 is 0 Å². The maximum Gasteiger partial charge on any atom is 0.280 e. The highest BCUT2D eigenvalue weighted by Crippen LogP contribution is 2.21. The second kappa shape index (κ2) is 3.81. The molecule has 0 fully saturated rings. The monoisotopic (exact) mass is 191 g/mol. The van der Waals surface area contributed by atoms with Gasteiger partial charge in [-0.05, 0) is 18.6 Å². The highest BCUT2D eigenvalue weighted by molar-refractivity contribution is 6.20. The topological polar surface area (TPSA) is 12.9 Å². The number of halogens is 3. The largest absolute Gasteiger partial charge is 0.280 e. The maximum atomic E-state index is 12.0. The molecule has 0 radical (unpaired) electrons. The van der Waals surface area contributed by atoms with Crippen molar-refractivity contribution in [2.75, 3.05) is 0 Å². The van der Waals surface area contributed by atoms with E-state index in [1.165, 1.54) is 12.3 Å². The van der Waals surface area contributed by atoms with E-state index in [2.05, 4.69) is 4.98 Å². The van der Waals surface area contributed by atoms with Crippen molar-refractivity contribution in [1.82, 2.24) is 4.98 Å². The van der Waals surface area contributed by atoms with Crippen molar-refractivity contribution < 1.29 is 8.78 Å². The Hall–Kier alpha value is -0.700. The number of rotatable bonds is 2. The number of aromatic nitrogens is 1. The van der Waals surface area contributed by atoms with E-state index in [4.69, 9.17) is 11.6 Å². The van der Waals surface area contributed by atoms with Crippen molar-refractivity contribution in [3.05, 3.63) is 29.6 Å². The third-order valence-electron chi connectivity index (χ3n) is 1.49. The molecular weight excluding hydrogens is 184 g/mol. The molecule has 0 N–H and O–H groups in total. The summed E-state index contributed by atoms with van der Waals surface area (Å²) in [5.74, 6) is 0. The van der Waals surface area contributed by atoms with Gasteiger partial charge in [0, 0.05) is 6.20 Å². The lowest BCUT2D eigenvalue weighted by Crippen LogP contribution is -1.92. The van der Waals surface area contributed by atoms with Gasteiger partial charge in [0.2, 0.25) is 0 Å². The van der Waals surface area contributed by atoms with Crippen LogP contribution in [-0.2, 0) is 0 Å². The Balaban J connectivity index is 2.86. The highest BCUT2D eigenvalue weighted by atomic mass is 35.5. The zero-order valence-corrected chi connectivity index (χ0v) is 7.22. The van der Waals surface area contributed by atoms with Crippen LogP contribution in [0.15, 0.2) is 18.3 Å². The quantitative estimate of drug-likeness (QED) is 0.654. The van der Waals surface area contributed by atoms with Crippen LogP contribution >= 0.6 is 11.6 Å². The van der Waals surface area contributed by atoms with Gasteiger partial charge in [-0.25, -0.2) is 8.78 Å². The second-order valence-corrected chi connectivity index (χ2v) is 3.09. The van der Waals surface area contributed by atoms with Crippen LogP contribution in [0.4, 0.5) is 8.78 Å². The summed E-state index contributed by atoms with van der Waals surface area (Å²) in [7, 11) is 0. The van der Waals surface area contributed by atoms with Gasteiger partial charge in [0.1, 0.15) is 5.69 Å². The van der Waals surface area contributed by atoms with Crippen LogP contribution in [0.5, 0.6) is 0 Å². The van der Waals surface area contributed by atoms with Gasteiger partial charge in [0.15, 0.2) is 0 Å². The molecule has 0 saturated carbocycles. The average Bonchev–Trinajstić information content (AvgIpc) is 2.04.